The van der Waals surface area contributed by atoms with E-state index in [2.05, 4.69) is 200 Å². The molecule has 11 nitrogen and oxygen atoms in total. The molecule has 7 aliphatic rings. The molecule has 93 heavy (non-hydrogen) atoms. The standard InChI is InChI=1S/C28H43N3O2.C28H46N2O.C26H38N2O.H2/c1-21(32)31-17-8-7-11-25(31)26(33)29-24-12-13-28(23-10-6-5-9-22(23)24)15-19-30(20-16-28)18-14-27(2,3)4;1-8-30(25(31)21-27(5,6)7)24-13-14-28(23-12-10-9-11-22(23)24)16-19-29(20-17-28)18-15-26(2,3)4;1-6-7-17-28(21(2)29)24-12-13-26(23-11-9-8-10-22(23)24)15-19-27(20-16-26)18-14-25(3,4)5;/h5-6,9-10,24-25H,7-8,11-20H2,1-4H3,(H,29,33);9-12,24H,8,13-21H2,1-7H3;8-11,24H,12-20H2,1-5H3;1H/t24-,25?;2*24-;/m000./s1. The Morgan fingerprint density at radius 3 is 1.30 bits per heavy atom. The van der Waals surface area contributed by atoms with Gasteiger partial charge in [-0.3, -0.25) is 19.2 Å². The molecule has 0 saturated carbocycles. The molecule has 0 aromatic heterocycles. The number of piperidine rings is 4. The maximum Gasteiger partial charge on any atom is 0.243 e. The second-order valence-corrected chi connectivity index (χ2v) is 34.5. The molecule has 10 rings (SSSR count). The van der Waals surface area contributed by atoms with E-state index in [1.54, 1.807) is 18.7 Å². The number of benzene rings is 3. The summed E-state index contributed by atoms with van der Waals surface area (Å²) in [5.41, 5.74) is 10.6. The van der Waals surface area contributed by atoms with Crippen molar-refractivity contribution in [2.24, 2.45) is 21.7 Å². The van der Waals surface area contributed by atoms with E-state index in [0.717, 1.165) is 64.6 Å². The lowest BCUT2D eigenvalue weighted by Crippen LogP contribution is -2.53. The molecule has 3 spiro atoms. The van der Waals surface area contributed by atoms with Crippen LogP contribution in [0.25, 0.3) is 0 Å². The van der Waals surface area contributed by atoms with Gasteiger partial charge in [0.05, 0.1) is 24.7 Å². The van der Waals surface area contributed by atoms with Gasteiger partial charge in [0.1, 0.15) is 6.04 Å². The summed E-state index contributed by atoms with van der Waals surface area (Å²) in [5.74, 6) is 6.53. The average Bonchev–Trinajstić information content (AvgIpc) is 0.764. The van der Waals surface area contributed by atoms with E-state index in [1.165, 1.54) is 150 Å². The summed E-state index contributed by atoms with van der Waals surface area (Å²) in [6.45, 7) is 47.5. The highest BCUT2D eigenvalue weighted by atomic mass is 16.2. The molecular weight excluding hydrogens is 1150 g/mol. The van der Waals surface area contributed by atoms with Crippen molar-refractivity contribution >= 4 is 23.6 Å². The number of likely N-dealkylation sites (tertiary alicyclic amines) is 4. The van der Waals surface area contributed by atoms with Gasteiger partial charge in [-0.2, -0.15) is 0 Å². The molecule has 3 aromatic carbocycles. The molecule has 1 N–H and O–H groups in total. The van der Waals surface area contributed by atoms with Crippen LogP contribution in [-0.4, -0.2) is 138 Å². The van der Waals surface area contributed by atoms with E-state index in [4.69, 9.17) is 0 Å². The first-order chi connectivity index (χ1) is 43.9. The molecule has 3 aromatic rings. The van der Waals surface area contributed by atoms with Crippen molar-refractivity contribution in [2.75, 3.05) is 78.5 Å². The Hall–Kier alpha value is -5.02. The van der Waals surface area contributed by atoms with Crippen molar-refractivity contribution in [3.05, 3.63) is 106 Å². The van der Waals surface area contributed by atoms with Gasteiger partial charge in [0.2, 0.25) is 23.6 Å². The minimum Gasteiger partial charge on any atom is -0.347 e. The quantitative estimate of drug-likeness (QED) is 0.170. The number of nitrogens with zero attached hydrogens (tertiary/aromatic N) is 6. The first-order valence-corrected chi connectivity index (χ1v) is 36.9. The van der Waals surface area contributed by atoms with Crippen molar-refractivity contribution in [2.45, 2.75) is 273 Å². The minimum atomic E-state index is -0.314. The molecule has 0 bridgehead atoms. The van der Waals surface area contributed by atoms with Crippen molar-refractivity contribution < 1.29 is 20.6 Å². The molecule has 4 saturated heterocycles. The monoisotopic (exact) mass is 1280 g/mol. The van der Waals surface area contributed by atoms with Crippen LogP contribution in [0, 0.1) is 33.5 Å². The zero-order valence-electron chi connectivity index (χ0n) is 61.5. The lowest BCUT2D eigenvalue weighted by molar-refractivity contribution is -0.141. The van der Waals surface area contributed by atoms with E-state index in [1.807, 2.05) is 11.8 Å². The largest absolute Gasteiger partial charge is 0.347 e. The third-order valence-corrected chi connectivity index (χ3v) is 22.8. The third-order valence-electron chi connectivity index (χ3n) is 22.8. The van der Waals surface area contributed by atoms with Crippen LogP contribution in [0.1, 0.15) is 286 Å². The zero-order chi connectivity index (χ0) is 67.6. The summed E-state index contributed by atoms with van der Waals surface area (Å²) in [4.78, 5) is 64.8. The van der Waals surface area contributed by atoms with Crippen LogP contribution in [0.2, 0.25) is 0 Å². The Bertz CT molecular complexity index is 3020. The molecule has 4 amide bonds. The molecule has 4 aliphatic heterocycles. The van der Waals surface area contributed by atoms with E-state index >= 15 is 0 Å². The van der Waals surface area contributed by atoms with Crippen LogP contribution in [0.3, 0.4) is 0 Å². The predicted molar refractivity (Wildman–Crippen MR) is 387 cm³/mol. The normalized spacial score (nSPS) is 22.9. The van der Waals surface area contributed by atoms with Gasteiger partial charge in [0, 0.05) is 34.8 Å². The molecule has 3 aliphatic carbocycles. The highest BCUT2D eigenvalue weighted by Crippen LogP contribution is 2.52. The van der Waals surface area contributed by atoms with Crippen molar-refractivity contribution in [3.63, 3.8) is 0 Å². The minimum absolute atomic E-state index is 0. The Morgan fingerprint density at radius 1 is 0.516 bits per heavy atom. The molecule has 11 heteroatoms. The number of hydrogen-bond donors (Lipinski definition) is 1. The molecule has 4 atom stereocenters. The third kappa shape index (κ3) is 19.4. The zero-order valence-corrected chi connectivity index (χ0v) is 61.5. The smallest absolute Gasteiger partial charge is 0.243 e. The maximum atomic E-state index is 13.2. The number of fused-ring (bicyclic) bond motifs is 6. The summed E-state index contributed by atoms with van der Waals surface area (Å²) >= 11 is 0. The fourth-order valence-electron chi connectivity index (χ4n) is 17.0. The van der Waals surface area contributed by atoms with Gasteiger partial charge >= 0.3 is 0 Å². The number of carbonyl (C=O) groups excluding carboxylic acids is 4. The van der Waals surface area contributed by atoms with Crippen molar-refractivity contribution in [1.82, 2.24) is 34.7 Å². The summed E-state index contributed by atoms with van der Waals surface area (Å²) in [7, 11) is 0. The van der Waals surface area contributed by atoms with E-state index in [-0.39, 0.29) is 59.6 Å². The molecular formula is C82H129N7O4. The lowest BCUT2D eigenvalue weighted by atomic mass is 9.63. The summed E-state index contributed by atoms with van der Waals surface area (Å²) < 4.78 is 0. The average molecular weight is 1280 g/mol. The van der Waals surface area contributed by atoms with Gasteiger partial charge in [-0.15, -0.1) is 5.92 Å². The molecule has 516 valence electrons. The van der Waals surface area contributed by atoms with Crippen molar-refractivity contribution in [3.8, 4) is 11.8 Å². The fourth-order valence-corrected chi connectivity index (χ4v) is 17.0. The Morgan fingerprint density at radius 2 is 0.914 bits per heavy atom. The summed E-state index contributed by atoms with van der Waals surface area (Å²) in [6, 6.07) is 26.9. The van der Waals surface area contributed by atoms with Crippen LogP contribution < -0.4 is 5.32 Å². The van der Waals surface area contributed by atoms with E-state index < -0.39 is 0 Å². The highest BCUT2D eigenvalue weighted by molar-refractivity contribution is 5.87. The molecule has 4 heterocycles. The second-order valence-electron chi connectivity index (χ2n) is 34.5. The molecule has 1 unspecified atom stereocenters. The summed E-state index contributed by atoms with van der Waals surface area (Å²) in [5, 5.41) is 3.35. The van der Waals surface area contributed by atoms with Crippen molar-refractivity contribution in [1.29, 1.82) is 0 Å². The van der Waals surface area contributed by atoms with E-state index in [0.29, 0.717) is 47.1 Å². The van der Waals surface area contributed by atoms with Gasteiger partial charge in [-0.05, 0) is 260 Å². The van der Waals surface area contributed by atoms with Crippen LogP contribution >= 0.6 is 0 Å². The molecule has 4 fully saturated rings. The van der Waals surface area contributed by atoms with Crippen LogP contribution in [0.15, 0.2) is 72.8 Å². The Balaban J connectivity index is 0.000000199. The van der Waals surface area contributed by atoms with Gasteiger partial charge in [0.15, 0.2) is 0 Å². The van der Waals surface area contributed by atoms with Gasteiger partial charge < -0.3 is 34.7 Å². The topological polar surface area (TPSA) is 99.7 Å². The Labute approximate surface area is 567 Å². The SMILES string of the molecule is CC#CCN(C(C)=O)[C@H]1CCC2(CCN(CCC(C)(C)C)CC2)c2ccccc21.CC(=O)N1CCCCC1C(=O)N[C@H]1CCC2(CCN(CCC(C)(C)C)CC2)c2ccccc21.CCN(C(=O)CC(C)(C)C)[C@H]1CCC2(CCN(CCC(C)(C)C)CC2)c2ccccc21.[HH]. The first kappa shape index (κ1) is 73.8. The summed E-state index contributed by atoms with van der Waals surface area (Å²) in [6.07, 6.45) is 21.2. The first-order valence-electron chi connectivity index (χ1n) is 36.9. The fraction of sp³-hybridized carbons (Fsp3) is 0.707. The lowest BCUT2D eigenvalue weighted by Gasteiger charge is -2.49. The van der Waals surface area contributed by atoms with Crippen LogP contribution in [0.4, 0.5) is 0 Å². The van der Waals surface area contributed by atoms with Crippen LogP contribution in [-0.2, 0) is 35.4 Å². The van der Waals surface area contributed by atoms with Crippen LogP contribution in [0.5, 0.6) is 0 Å². The van der Waals surface area contributed by atoms with Gasteiger partial charge in [0.25, 0.3) is 0 Å². The number of amides is 4. The number of nitrogens with one attached hydrogen (secondary N) is 1. The Kier molecular flexibility index (Phi) is 25.0. The second kappa shape index (κ2) is 31.5. The van der Waals surface area contributed by atoms with E-state index in [9.17, 15) is 19.2 Å². The highest BCUT2D eigenvalue weighted by Gasteiger charge is 2.47. The number of rotatable bonds is 13. The number of hydrogen-bond acceptors (Lipinski definition) is 7. The predicted octanol–water partition coefficient (Wildman–Crippen LogP) is 16.8. The number of carbonyl (C=O) groups is 4. The van der Waals surface area contributed by atoms with Gasteiger partial charge in [-0.1, -0.05) is 162 Å². The maximum absolute atomic E-state index is 13.2. The van der Waals surface area contributed by atoms with Gasteiger partial charge in [-0.25, -0.2) is 0 Å². The molecule has 0 radical (unpaired) electrons.